The van der Waals surface area contributed by atoms with Gasteiger partial charge in [-0.15, -0.1) is 0 Å². The van der Waals surface area contributed by atoms with Gasteiger partial charge in [-0.3, -0.25) is 0 Å². The van der Waals surface area contributed by atoms with Gasteiger partial charge in [0.2, 0.25) is 0 Å². The van der Waals surface area contributed by atoms with Crippen LogP contribution in [0.25, 0.3) is 24.3 Å². The molecular weight excluding hydrogens is 374 g/mol. The Morgan fingerprint density at radius 1 is 0.667 bits per heavy atom. The van der Waals surface area contributed by atoms with Crippen molar-refractivity contribution in [3.8, 4) is 11.5 Å². The van der Waals surface area contributed by atoms with Gasteiger partial charge in [-0.05, 0) is 59.7 Å². The molecule has 0 aliphatic heterocycles. The van der Waals surface area contributed by atoms with Crippen LogP contribution in [0.4, 0.5) is 11.4 Å². The molecule has 0 saturated heterocycles. The second-order valence-electron chi connectivity index (χ2n) is 6.57. The summed E-state index contributed by atoms with van der Waals surface area (Å²) in [6.45, 7) is 0. The quantitative estimate of drug-likeness (QED) is 0.520. The van der Waals surface area contributed by atoms with Crippen molar-refractivity contribution in [3.63, 3.8) is 0 Å². The van der Waals surface area contributed by atoms with Crippen LogP contribution in [-0.2, 0) is 0 Å². The Balaban J connectivity index is 1.76. The lowest BCUT2D eigenvalue weighted by Gasteiger charge is -2.08. The molecule has 0 spiro atoms. The number of hydrogen-bond donors (Lipinski definition) is 2. The van der Waals surface area contributed by atoms with E-state index < -0.39 is 0 Å². The molecule has 0 aliphatic rings. The van der Waals surface area contributed by atoms with Crippen molar-refractivity contribution in [2.45, 2.75) is 0 Å². The van der Waals surface area contributed by atoms with Crippen molar-refractivity contribution in [1.82, 2.24) is 4.98 Å². The molecular formula is C25H27N3O2. The molecule has 0 bridgehead atoms. The van der Waals surface area contributed by atoms with E-state index in [1.807, 2.05) is 93.0 Å². The van der Waals surface area contributed by atoms with Gasteiger partial charge in [-0.25, -0.2) is 4.98 Å². The van der Waals surface area contributed by atoms with E-state index in [1.165, 1.54) is 0 Å². The second-order valence-corrected chi connectivity index (χ2v) is 6.57. The zero-order valence-electron chi connectivity index (χ0n) is 17.8. The van der Waals surface area contributed by atoms with Crippen LogP contribution in [0, 0.1) is 0 Å². The number of anilines is 2. The van der Waals surface area contributed by atoms with E-state index in [4.69, 9.17) is 14.5 Å². The van der Waals surface area contributed by atoms with Gasteiger partial charge >= 0.3 is 0 Å². The summed E-state index contributed by atoms with van der Waals surface area (Å²) in [6, 6.07) is 18.0. The fourth-order valence-corrected chi connectivity index (χ4v) is 3.07. The number of nitrogens with one attached hydrogen (secondary N) is 2. The predicted octanol–water partition coefficient (Wildman–Crippen LogP) is 5.52. The van der Waals surface area contributed by atoms with Gasteiger partial charge in [0.15, 0.2) is 0 Å². The van der Waals surface area contributed by atoms with Gasteiger partial charge in [0.05, 0.1) is 37.0 Å². The summed E-state index contributed by atoms with van der Waals surface area (Å²) < 4.78 is 10.7. The maximum absolute atomic E-state index is 5.34. The summed E-state index contributed by atoms with van der Waals surface area (Å²) in [4.78, 5) is 4.70. The maximum Gasteiger partial charge on any atom is 0.141 e. The zero-order chi connectivity index (χ0) is 21.3. The Morgan fingerprint density at radius 2 is 1.13 bits per heavy atom. The summed E-state index contributed by atoms with van der Waals surface area (Å²) >= 11 is 0. The fourth-order valence-electron chi connectivity index (χ4n) is 3.07. The van der Waals surface area contributed by atoms with Crippen LogP contribution >= 0.6 is 0 Å². The summed E-state index contributed by atoms with van der Waals surface area (Å²) in [5, 5.41) is 6.29. The van der Waals surface area contributed by atoms with E-state index in [0.29, 0.717) is 0 Å². The first-order valence-corrected chi connectivity index (χ1v) is 9.71. The molecule has 1 aromatic heterocycles. The average molecular weight is 402 g/mol. The van der Waals surface area contributed by atoms with E-state index in [9.17, 15) is 0 Å². The molecule has 2 aromatic carbocycles. The molecule has 0 amide bonds. The second kappa shape index (κ2) is 10.2. The summed E-state index contributed by atoms with van der Waals surface area (Å²) in [5.74, 6) is 1.64. The first-order valence-electron chi connectivity index (χ1n) is 9.71. The molecule has 3 aromatic rings. The van der Waals surface area contributed by atoms with E-state index in [0.717, 1.165) is 45.4 Å². The standard InChI is InChI=1S/C25H27N3O2/c1-26-22-16-18(10-14-24(22)29-3)8-12-20-6-5-7-21(28-20)13-9-19-11-15-25(30-4)23(17-19)27-2/h5-17,26-27H,1-4H3/b12-8+,13-9+. The number of ether oxygens (including phenoxy) is 2. The van der Waals surface area contributed by atoms with Crippen LogP contribution in [0.2, 0.25) is 0 Å². The molecule has 2 N–H and O–H groups in total. The number of pyridine rings is 1. The highest BCUT2D eigenvalue weighted by molar-refractivity contribution is 5.74. The highest BCUT2D eigenvalue weighted by Gasteiger charge is 2.02. The number of methoxy groups -OCH3 is 2. The van der Waals surface area contributed by atoms with Crippen molar-refractivity contribution in [2.75, 3.05) is 38.9 Å². The van der Waals surface area contributed by atoms with Crippen molar-refractivity contribution in [1.29, 1.82) is 0 Å². The van der Waals surface area contributed by atoms with Gasteiger partial charge in [0.25, 0.3) is 0 Å². The third-order valence-electron chi connectivity index (χ3n) is 4.67. The lowest BCUT2D eigenvalue weighted by atomic mass is 10.1. The van der Waals surface area contributed by atoms with E-state index in [-0.39, 0.29) is 0 Å². The fraction of sp³-hybridized carbons (Fsp3) is 0.160. The molecule has 0 fully saturated rings. The summed E-state index contributed by atoms with van der Waals surface area (Å²) in [7, 11) is 7.09. The average Bonchev–Trinajstić information content (AvgIpc) is 2.81. The Bertz CT molecular complexity index is 977. The molecule has 0 saturated carbocycles. The van der Waals surface area contributed by atoms with Crippen LogP contribution in [0.5, 0.6) is 11.5 Å². The van der Waals surface area contributed by atoms with Gasteiger partial charge in [0.1, 0.15) is 11.5 Å². The first-order chi connectivity index (χ1) is 14.7. The van der Waals surface area contributed by atoms with Crippen molar-refractivity contribution < 1.29 is 9.47 Å². The van der Waals surface area contributed by atoms with Crippen LogP contribution < -0.4 is 20.1 Å². The van der Waals surface area contributed by atoms with Crippen molar-refractivity contribution >= 4 is 35.7 Å². The molecule has 0 unspecified atom stereocenters. The Morgan fingerprint density at radius 3 is 1.53 bits per heavy atom. The van der Waals surface area contributed by atoms with E-state index in [2.05, 4.69) is 10.6 Å². The minimum atomic E-state index is 0.819. The van der Waals surface area contributed by atoms with Gasteiger partial charge < -0.3 is 20.1 Å². The molecule has 0 aliphatic carbocycles. The molecule has 5 heteroatoms. The molecule has 1 heterocycles. The van der Waals surface area contributed by atoms with Crippen molar-refractivity contribution in [2.24, 2.45) is 0 Å². The van der Waals surface area contributed by atoms with E-state index >= 15 is 0 Å². The van der Waals surface area contributed by atoms with Crippen molar-refractivity contribution in [3.05, 3.63) is 77.1 Å². The number of nitrogens with zero attached hydrogens (tertiary/aromatic N) is 1. The smallest absolute Gasteiger partial charge is 0.141 e. The van der Waals surface area contributed by atoms with Gasteiger partial charge in [-0.2, -0.15) is 0 Å². The van der Waals surface area contributed by atoms with Crippen LogP contribution in [0.15, 0.2) is 54.6 Å². The molecule has 3 rings (SSSR count). The first kappa shape index (κ1) is 21.0. The zero-order valence-corrected chi connectivity index (χ0v) is 17.8. The highest BCUT2D eigenvalue weighted by Crippen LogP contribution is 2.26. The molecule has 0 atom stereocenters. The minimum absolute atomic E-state index is 0.819. The topological polar surface area (TPSA) is 55.4 Å². The maximum atomic E-state index is 5.34. The SMILES string of the molecule is CNc1cc(/C=C/c2cccc(/C=C/c3ccc(OC)c(NC)c3)n2)ccc1OC. The number of aromatic nitrogens is 1. The van der Waals surface area contributed by atoms with Gasteiger partial charge in [-0.1, -0.05) is 30.4 Å². The Hall–Kier alpha value is -3.73. The molecule has 5 nitrogen and oxygen atoms in total. The lowest BCUT2D eigenvalue weighted by Crippen LogP contribution is -1.93. The monoisotopic (exact) mass is 401 g/mol. The number of hydrogen-bond acceptors (Lipinski definition) is 5. The number of rotatable bonds is 8. The summed E-state index contributed by atoms with van der Waals surface area (Å²) in [6.07, 6.45) is 8.09. The predicted molar refractivity (Wildman–Crippen MR) is 127 cm³/mol. The normalized spacial score (nSPS) is 11.1. The Kier molecular flexibility index (Phi) is 7.11. The largest absolute Gasteiger partial charge is 0.495 e. The molecule has 0 radical (unpaired) electrons. The third-order valence-corrected chi connectivity index (χ3v) is 4.67. The van der Waals surface area contributed by atoms with Crippen LogP contribution in [-0.4, -0.2) is 33.3 Å². The summed E-state index contributed by atoms with van der Waals surface area (Å²) in [5.41, 5.74) is 5.82. The van der Waals surface area contributed by atoms with Crippen LogP contribution in [0.3, 0.4) is 0 Å². The van der Waals surface area contributed by atoms with E-state index in [1.54, 1.807) is 14.2 Å². The minimum Gasteiger partial charge on any atom is -0.495 e. The van der Waals surface area contributed by atoms with Gasteiger partial charge in [0, 0.05) is 14.1 Å². The molecule has 154 valence electrons. The third kappa shape index (κ3) is 5.20. The van der Waals surface area contributed by atoms with Crippen LogP contribution in [0.1, 0.15) is 22.5 Å². The highest BCUT2D eigenvalue weighted by atomic mass is 16.5. The lowest BCUT2D eigenvalue weighted by molar-refractivity contribution is 0.416. The Labute approximate surface area is 178 Å². The number of benzene rings is 2. The molecule has 30 heavy (non-hydrogen) atoms.